The molecular formula is C24H33N5. The predicted octanol–water partition coefficient (Wildman–Crippen LogP) is 3.57. The average molecular weight is 392 g/mol. The summed E-state index contributed by atoms with van der Waals surface area (Å²) in [5.74, 6) is 1.05. The van der Waals surface area contributed by atoms with Crippen LogP contribution in [0.5, 0.6) is 0 Å². The van der Waals surface area contributed by atoms with Crippen LogP contribution in [0, 0.1) is 0 Å². The fraction of sp³-hybridized carbons (Fsp3) is 0.583. The summed E-state index contributed by atoms with van der Waals surface area (Å²) < 4.78 is 0. The van der Waals surface area contributed by atoms with Gasteiger partial charge in [0.25, 0.3) is 0 Å². The van der Waals surface area contributed by atoms with E-state index in [9.17, 15) is 0 Å². The first-order chi connectivity index (χ1) is 14.2. The Morgan fingerprint density at radius 2 is 1.93 bits per heavy atom. The molecule has 3 aliphatic heterocycles. The quantitative estimate of drug-likeness (QED) is 0.799. The summed E-state index contributed by atoms with van der Waals surface area (Å²) in [7, 11) is 4.39. The highest BCUT2D eigenvalue weighted by atomic mass is 15.2. The zero-order valence-electron chi connectivity index (χ0n) is 17.9. The van der Waals surface area contributed by atoms with Crippen LogP contribution >= 0.6 is 0 Å². The van der Waals surface area contributed by atoms with Crippen LogP contribution in [0.3, 0.4) is 0 Å². The van der Waals surface area contributed by atoms with Crippen molar-refractivity contribution in [3.8, 4) is 0 Å². The number of fused-ring (bicyclic) bond motifs is 2. The smallest absolute Gasteiger partial charge is 0.145 e. The number of nitrogens with zero attached hydrogens (tertiary/aromatic N) is 5. The highest BCUT2D eigenvalue weighted by Crippen LogP contribution is 2.33. The Morgan fingerprint density at radius 1 is 1.00 bits per heavy atom. The van der Waals surface area contributed by atoms with Gasteiger partial charge in [-0.3, -0.25) is 4.90 Å². The number of piperidine rings is 1. The van der Waals surface area contributed by atoms with Crippen molar-refractivity contribution < 1.29 is 0 Å². The minimum Gasteiger partial charge on any atom is -0.374 e. The molecule has 0 N–H and O–H groups in total. The van der Waals surface area contributed by atoms with E-state index in [1.807, 2.05) is 0 Å². The van der Waals surface area contributed by atoms with E-state index in [0.717, 1.165) is 38.4 Å². The maximum atomic E-state index is 5.06. The van der Waals surface area contributed by atoms with Gasteiger partial charge in [-0.25, -0.2) is 9.97 Å². The second-order valence-corrected chi connectivity index (χ2v) is 9.16. The van der Waals surface area contributed by atoms with Gasteiger partial charge in [0.1, 0.15) is 5.82 Å². The Morgan fingerprint density at radius 3 is 2.86 bits per heavy atom. The first-order valence-corrected chi connectivity index (χ1v) is 11.3. The highest BCUT2D eigenvalue weighted by Gasteiger charge is 2.28. The molecule has 1 aromatic carbocycles. The van der Waals surface area contributed by atoms with Gasteiger partial charge in [-0.15, -0.1) is 0 Å². The largest absolute Gasteiger partial charge is 0.374 e. The van der Waals surface area contributed by atoms with Crippen molar-refractivity contribution in [2.45, 2.75) is 57.7 Å². The molecule has 1 aromatic heterocycles. The second kappa shape index (κ2) is 8.04. The molecule has 5 heteroatoms. The molecule has 29 heavy (non-hydrogen) atoms. The lowest BCUT2D eigenvalue weighted by atomic mass is 9.97. The summed E-state index contributed by atoms with van der Waals surface area (Å²) in [4.78, 5) is 17.3. The normalized spacial score (nSPS) is 23.0. The molecule has 0 amide bonds. The number of benzene rings is 1. The van der Waals surface area contributed by atoms with Crippen LogP contribution in [0.1, 0.15) is 59.9 Å². The lowest BCUT2D eigenvalue weighted by molar-refractivity contribution is 0.133. The van der Waals surface area contributed by atoms with E-state index >= 15 is 0 Å². The first kappa shape index (κ1) is 19.0. The van der Waals surface area contributed by atoms with E-state index in [1.54, 1.807) is 0 Å². The third-order valence-electron chi connectivity index (χ3n) is 6.94. The molecule has 2 aromatic rings. The Kier molecular flexibility index (Phi) is 5.27. The Hall–Kier alpha value is -1.98. The number of aryl methyl sites for hydroxylation is 1. The van der Waals surface area contributed by atoms with Gasteiger partial charge < -0.3 is 9.80 Å². The van der Waals surface area contributed by atoms with Gasteiger partial charge in [0, 0.05) is 62.8 Å². The van der Waals surface area contributed by atoms with E-state index in [-0.39, 0.29) is 0 Å². The summed E-state index contributed by atoms with van der Waals surface area (Å²) in [6.07, 6.45) is 9.34. The average Bonchev–Trinajstić information content (AvgIpc) is 2.74. The Labute approximate surface area is 174 Å². The Bertz CT molecular complexity index is 880. The van der Waals surface area contributed by atoms with Gasteiger partial charge in [-0.05, 0) is 56.5 Å². The van der Waals surface area contributed by atoms with E-state index in [2.05, 4.69) is 53.2 Å². The van der Waals surface area contributed by atoms with Gasteiger partial charge in [0.15, 0.2) is 0 Å². The molecule has 1 atom stereocenters. The van der Waals surface area contributed by atoms with E-state index in [0.29, 0.717) is 6.04 Å². The number of hydrogen-bond donors (Lipinski definition) is 0. The number of likely N-dealkylation sites (N-methyl/N-ethyl adjacent to an activating group) is 1. The van der Waals surface area contributed by atoms with Gasteiger partial charge >= 0.3 is 0 Å². The molecular weight excluding hydrogens is 358 g/mol. The van der Waals surface area contributed by atoms with E-state index < -0.39 is 0 Å². The standard InChI is InChI=1S/C24H33N5/c1-27-13-10-21-20(17-27)15-25-24(26-21)23-7-3-4-12-29(23)16-18-8-9-22-19(14-18)6-5-11-28(22)2/h8-9,14-15,23H,3-7,10-13,16-17H2,1-2H3. The van der Waals surface area contributed by atoms with Gasteiger partial charge in [-0.2, -0.15) is 0 Å². The molecule has 0 spiro atoms. The summed E-state index contributed by atoms with van der Waals surface area (Å²) in [5, 5.41) is 0. The van der Waals surface area contributed by atoms with Crippen molar-refractivity contribution in [1.29, 1.82) is 0 Å². The number of aromatic nitrogens is 2. The fourth-order valence-corrected chi connectivity index (χ4v) is 5.28. The number of likely N-dealkylation sites (tertiary alicyclic amines) is 1. The fourth-order valence-electron chi connectivity index (χ4n) is 5.28. The van der Waals surface area contributed by atoms with Crippen molar-refractivity contribution in [1.82, 2.24) is 19.8 Å². The molecule has 0 saturated carbocycles. The van der Waals surface area contributed by atoms with E-state index in [4.69, 9.17) is 9.97 Å². The monoisotopic (exact) mass is 391 g/mol. The minimum atomic E-state index is 0.354. The number of anilines is 1. The zero-order valence-corrected chi connectivity index (χ0v) is 17.9. The SMILES string of the molecule is CN1CCc2nc(C3CCCCN3Cc3ccc4c(c3)CCCN4C)ncc2C1. The van der Waals surface area contributed by atoms with Crippen molar-refractivity contribution in [3.05, 3.63) is 52.6 Å². The summed E-state index contributed by atoms with van der Waals surface area (Å²) in [6, 6.07) is 7.46. The summed E-state index contributed by atoms with van der Waals surface area (Å²) >= 11 is 0. The molecule has 1 fully saturated rings. The molecule has 1 unspecified atom stereocenters. The topological polar surface area (TPSA) is 35.5 Å². The van der Waals surface area contributed by atoms with Gasteiger partial charge in [0.2, 0.25) is 0 Å². The highest BCUT2D eigenvalue weighted by molar-refractivity contribution is 5.56. The van der Waals surface area contributed by atoms with E-state index in [1.165, 1.54) is 66.7 Å². The molecule has 5 nitrogen and oxygen atoms in total. The predicted molar refractivity (Wildman–Crippen MR) is 117 cm³/mol. The van der Waals surface area contributed by atoms with Crippen molar-refractivity contribution >= 4 is 5.69 Å². The molecule has 0 aliphatic carbocycles. The zero-order chi connectivity index (χ0) is 19.8. The van der Waals surface area contributed by atoms with Crippen molar-refractivity contribution in [2.75, 3.05) is 38.6 Å². The molecule has 4 heterocycles. The van der Waals surface area contributed by atoms with Gasteiger partial charge in [0.05, 0.1) is 6.04 Å². The van der Waals surface area contributed by atoms with Crippen molar-refractivity contribution in [2.24, 2.45) is 0 Å². The summed E-state index contributed by atoms with van der Waals surface area (Å²) in [5.41, 5.74) is 6.95. The molecule has 5 rings (SSSR count). The molecule has 0 radical (unpaired) electrons. The maximum absolute atomic E-state index is 5.06. The lowest BCUT2D eigenvalue weighted by Gasteiger charge is -2.36. The second-order valence-electron chi connectivity index (χ2n) is 9.16. The van der Waals surface area contributed by atoms with Crippen molar-refractivity contribution in [3.63, 3.8) is 0 Å². The third-order valence-corrected chi connectivity index (χ3v) is 6.94. The maximum Gasteiger partial charge on any atom is 0.145 e. The van der Waals surface area contributed by atoms with Crippen LogP contribution in [0.15, 0.2) is 24.4 Å². The van der Waals surface area contributed by atoms with Crippen LogP contribution in [0.25, 0.3) is 0 Å². The van der Waals surface area contributed by atoms with Crippen LogP contribution in [0.2, 0.25) is 0 Å². The molecule has 154 valence electrons. The van der Waals surface area contributed by atoms with Crippen LogP contribution < -0.4 is 4.90 Å². The first-order valence-electron chi connectivity index (χ1n) is 11.3. The van der Waals surface area contributed by atoms with Gasteiger partial charge in [-0.1, -0.05) is 18.6 Å². The van der Waals surface area contributed by atoms with Crippen LogP contribution in [-0.2, 0) is 25.9 Å². The minimum absolute atomic E-state index is 0.354. The van der Waals surface area contributed by atoms with Crippen LogP contribution in [-0.4, -0.2) is 53.5 Å². The Balaban J connectivity index is 1.37. The molecule has 0 bridgehead atoms. The molecule has 1 saturated heterocycles. The van der Waals surface area contributed by atoms with Crippen LogP contribution in [0.4, 0.5) is 5.69 Å². The molecule has 3 aliphatic rings. The lowest BCUT2D eigenvalue weighted by Crippen LogP contribution is -2.35. The third kappa shape index (κ3) is 3.90. The number of rotatable bonds is 3. The number of hydrogen-bond acceptors (Lipinski definition) is 5. The summed E-state index contributed by atoms with van der Waals surface area (Å²) in [6.45, 7) is 5.40.